The van der Waals surface area contributed by atoms with Crippen LogP contribution in [0.15, 0.2) is 0 Å². The molecule has 1 aliphatic rings. The van der Waals surface area contributed by atoms with E-state index in [-0.39, 0.29) is 0 Å². The van der Waals surface area contributed by atoms with E-state index >= 15 is 0 Å². The molecular weight excluding hydrogens is 95.0 g/mol. The number of hydrogen-bond donors (Lipinski definition) is 1. The van der Waals surface area contributed by atoms with Crippen LogP contribution in [0.5, 0.6) is 0 Å². The van der Waals surface area contributed by atoms with Crippen LogP contribution in [0.4, 0.5) is 0 Å². The van der Waals surface area contributed by atoms with Gasteiger partial charge in [-0.2, -0.15) is 0 Å². The Morgan fingerprint density at radius 1 is 1.40 bits per heavy atom. The number of rotatable bonds is 0. The Hall–Kier alpha value is 0.270. The highest BCUT2D eigenvalue weighted by Gasteiger charge is 2.20. The minimum Gasteiger partial charge on any atom is -0.325 e. The van der Waals surface area contributed by atoms with Crippen LogP contribution in [0.3, 0.4) is 0 Å². The SMILES string of the molecule is OP1OOO1. The molecule has 0 bridgehead atoms. The van der Waals surface area contributed by atoms with Crippen molar-refractivity contribution < 1.29 is 19.3 Å². The Labute approximate surface area is 29.1 Å². The van der Waals surface area contributed by atoms with Crippen molar-refractivity contribution in [1.29, 1.82) is 0 Å². The Kier molecular flexibility index (Phi) is 0.804. The minimum atomic E-state index is -1.64. The average molecular weight is 96.0 g/mol. The third-order valence-corrected chi connectivity index (χ3v) is 0.565. The van der Waals surface area contributed by atoms with Crippen molar-refractivity contribution >= 4 is 8.60 Å². The van der Waals surface area contributed by atoms with Crippen LogP contribution >= 0.6 is 8.60 Å². The molecule has 4 nitrogen and oxygen atoms in total. The Bertz CT molecular complexity index is 30.6. The molecule has 0 atom stereocenters. The van der Waals surface area contributed by atoms with Crippen molar-refractivity contribution in [2.24, 2.45) is 0 Å². The maximum atomic E-state index is 7.94. The molecule has 0 unspecified atom stereocenters. The fraction of sp³-hybridized carbons (Fsp3) is 0. The molecule has 0 aromatic rings. The van der Waals surface area contributed by atoms with Crippen molar-refractivity contribution in [1.82, 2.24) is 0 Å². The molecule has 0 amide bonds. The zero-order valence-electron chi connectivity index (χ0n) is 2.12. The highest BCUT2D eigenvalue weighted by molar-refractivity contribution is 7.41. The summed E-state index contributed by atoms with van der Waals surface area (Å²) in [7, 11) is -1.64. The molecule has 0 spiro atoms. The van der Waals surface area contributed by atoms with Gasteiger partial charge in [0.1, 0.15) is 0 Å². The summed E-state index contributed by atoms with van der Waals surface area (Å²) in [5.74, 6) is 0. The smallest absolute Gasteiger partial charge is 0.325 e. The second-order valence-corrected chi connectivity index (χ2v) is 1.23. The molecule has 1 saturated heterocycles. The van der Waals surface area contributed by atoms with E-state index in [2.05, 4.69) is 14.4 Å². The number of hydrogen-bond acceptors (Lipinski definition) is 4. The molecule has 30 valence electrons. The van der Waals surface area contributed by atoms with Gasteiger partial charge in [-0.3, -0.25) is 0 Å². The van der Waals surface area contributed by atoms with Crippen molar-refractivity contribution in [3.63, 3.8) is 0 Å². The van der Waals surface area contributed by atoms with Crippen LogP contribution in [0.1, 0.15) is 0 Å². The Morgan fingerprint density at radius 2 is 1.80 bits per heavy atom. The van der Waals surface area contributed by atoms with E-state index < -0.39 is 8.60 Å². The van der Waals surface area contributed by atoms with Crippen LogP contribution in [-0.2, 0) is 14.4 Å². The third kappa shape index (κ3) is 0.560. The predicted octanol–water partition coefficient (Wildman–Crippen LogP) is 0.0990. The van der Waals surface area contributed by atoms with Crippen molar-refractivity contribution in [3.8, 4) is 0 Å². The first kappa shape index (κ1) is 3.46. The fourth-order valence-corrected chi connectivity index (χ4v) is 0.173. The molecule has 1 rings (SSSR count). The van der Waals surface area contributed by atoms with E-state index in [1.54, 1.807) is 0 Å². The van der Waals surface area contributed by atoms with Gasteiger partial charge in [0.05, 0.1) is 0 Å². The molecule has 1 aliphatic heterocycles. The normalized spacial score (nSPS) is 25.8. The van der Waals surface area contributed by atoms with E-state index in [4.69, 9.17) is 4.89 Å². The van der Waals surface area contributed by atoms with E-state index in [9.17, 15) is 0 Å². The van der Waals surface area contributed by atoms with Crippen LogP contribution in [0.25, 0.3) is 0 Å². The molecule has 0 aliphatic carbocycles. The van der Waals surface area contributed by atoms with Crippen LogP contribution < -0.4 is 0 Å². The van der Waals surface area contributed by atoms with E-state index in [1.165, 1.54) is 0 Å². The Morgan fingerprint density at radius 3 is 1.80 bits per heavy atom. The molecular formula is HO4P. The lowest BCUT2D eigenvalue weighted by Gasteiger charge is -2.11. The first-order valence-electron chi connectivity index (χ1n) is 0.898. The van der Waals surface area contributed by atoms with Gasteiger partial charge in [0, 0.05) is 0 Å². The summed E-state index contributed by atoms with van der Waals surface area (Å²) >= 11 is 0. The molecule has 0 saturated carbocycles. The zero-order valence-corrected chi connectivity index (χ0v) is 3.01. The van der Waals surface area contributed by atoms with Gasteiger partial charge in [0.2, 0.25) is 0 Å². The van der Waals surface area contributed by atoms with Gasteiger partial charge in [-0.05, 0) is 0 Å². The summed E-state index contributed by atoms with van der Waals surface area (Å²) in [4.78, 5) is 7.94. The maximum absolute atomic E-state index is 7.94. The molecule has 0 aromatic heterocycles. The second-order valence-electron chi connectivity index (χ2n) is 0.455. The molecule has 0 radical (unpaired) electrons. The van der Waals surface area contributed by atoms with Gasteiger partial charge in [-0.25, -0.2) is 0 Å². The maximum Gasteiger partial charge on any atom is 0.395 e. The summed E-state index contributed by atoms with van der Waals surface area (Å²) in [6.45, 7) is 0. The first-order chi connectivity index (χ1) is 2.39. The summed E-state index contributed by atoms with van der Waals surface area (Å²) < 4.78 is 7.66. The largest absolute Gasteiger partial charge is 0.395 e. The lowest BCUT2D eigenvalue weighted by Crippen LogP contribution is -1.99. The van der Waals surface area contributed by atoms with Gasteiger partial charge >= 0.3 is 8.60 Å². The second kappa shape index (κ2) is 1.16. The Balaban J connectivity index is 2.08. The highest BCUT2D eigenvalue weighted by atomic mass is 31.2. The van der Waals surface area contributed by atoms with Gasteiger partial charge in [-0.1, -0.05) is 5.04 Å². The molecule has 0 aromatic carbocycles. The van der Waals surface area contributed by atoms with Crippen molar-refractivity contribution in [3.05, 3.63) is 0 Å². The molecule has 1 heterocycles. The lowest BCUT2D eigenvalue weighted by molar-refractivity contribution is -0.487. The monoisotopic (exact) mass is 96.0 g/mol. The van der Waals surface area contributed by atoms with Gasteiger partial charge in [0.15, 0.2) is 0 Å². The standard InChI is InChI=1S/HO4P/c1-5-3-2-4-5/h1H. The summed E-state index contributed by atoms with van der Waals surface area (Å²) in [6.07, 6.45) is 0. The summed E-state index contributed by atoms with van der Waals surface area (Å²) in [6, 6.07) is 0. The molecule has 1 fully saturated rings. The quantitative estimate of drug-likeness (QED) is 0.343. The lowest BCUT2D eigenvalue weighted by atomic mass is 14.5. The van der Waals surface area contributed by atoms with Gasteiger partial charge in [-0.15, -0.1) is 9.35 Å². The van der Waals surface area contributed by atoms with E-state index in [0.29, 0.717) is 0 Å². The van der Waals surface area contributed by atoms with Crippen LogP contribution in [0, 0.1) is 0 Å². The van der Waals surface area contributed by atoms with Crippen LogP contribution in [-0.4, -0.2) is 4.89 Å². The van der Waals surface area contributed by atoms with Gasteiger partial charge < -0.3 is 4.89 Å². The highest BCUT2D eigenvalue weighted by Crippen LogP contribution is 2.42. The van der Waals surface area contributed by atoms with Crippen molar-refractivity contribution in [2.45, 2.75) is 0 Å². The third-order valence-electron chi connectivity index (χ3n) is 0.188. The topological polar surface area (TPSA) is 47.9 Å². The van der Waals surface area contributed by atoms with Gasteiger partial charge in [0.25, 0.3) is 0 Å². The molecule has 1 N–H and O–H groups in total. The van der Waals surface area contributed by atoms with Crippen LogP contribution in [0.2, 0.25) is 0 Å². The first-order valence-corrected chi connectivity index (χ1v) is 2.03. The average Bonchev–Trinajstić information content (AvgIpc) is 1.30. The predicted molar refractivity (Wildman–Crippen MR) is 12.4 cm³/mol. The van der Waals surface area contributed by atoms with E-state index in [0.717, 1.165) is 0 Å². The summed E-state index contributed by atoms with van der Waals surface area (Å²) in [5, 5.41) is 3.61. The minimum absolute atomic E-state index is 1.64. The molecule has 5 heteroatoms. The molecule has 5 heavy (non-hydrogen) atoms. The fourth-order valence-electron chi connectivity index (χ4n) is 0.0576. The summed E-state index contributed by atoms with van der Waals surface area (Å²) in [5.41, 5.74) is 0. The zero-order chi connectivity index (χ0) is 3.70. The van der Waals surface area contributed by atoms with E-state index in [1.807, 2.05) is 0 Å². The van der Waals surface area contributed by atoms with Crippen molar-refractivity contribution in [2.75, 3.05) is 0 Å².